The summed E-state index contributed by atoms with van der Waals surface area (Å²) in [5.41, 5.74) is 5.43. The van der Waals surface area contributed by atoms with Crippen molar-refractivity contribution >= 4 is 5.91 Å². The number of likely N-dealkylation sites (tertiary alicyclic amines) is 1. The van der Waals surface area contributed by atoms with Gasteiger partial charge in [-0.15, -0.1) is 0 Å². The summed E-state index contributed by atoms with van der Waals surface area (Å²) in [6.45, 7) is 3.07. The Morgan fingerprint density at radius 3 is 2.56 bits per heavy atom. The third-order valence-corrected chi connectivity index (χ3v) is 3.96. The van der Waals surface area contributed by atoms with Crippen LogP contribution in [-0.2, 0) is 9.53 Å². The summed E-state index contributed by atoms with van der Waals surface area (Å²) < 4.78 is 5.35. The highest BCUT2D eigenvalue weighted by atomic mass is 16.5. The van der Waals surface area contributed by atoms with Gasteiger partial charge < -0.3 is 20.7 Å². The Hall–Kier alpha value is -0.650. The van der Waals surface area contributed by atoms with Crippen LogP contribution < -0.4 is 11.1 Å². The van der Waals surface area contributed by atoms with Gasteiger partial charge in [-0.25, -0.2) is 0 Å². The lowest BCUT2D eigenvalue weighted by Gasteiger charge is -2.31. The number of nitrogens with one attached hydrogen (secondary N) is 1. The SMILES string of the molecule is COC1CCN(CCC(NC2CC2)C(N)=O)CC1. The van der Waals surface area contributed by atoms with E-state index in [1.54, 1.807) is 7.11 Å². The van der Waals surface area contributed by atoms with Gasteiger partial charge in [-0.3, -0.25) is 4.79 Å². The van der Waals surface area contributed by atoms with Crippen molar-refractivity contribution in [1.82, 2.24) is 10.2 Å². The number of hydrogen-bond donors (Lipinski definition) is 2. The van der Waals surface area contributed by atoms with E-state index in [-0.39, 0.29) is 11.9 Å². The Balaban J connectivity index is 1.67. The minimum absolute atomic E-state index is 0.155. The van der Waals surface area contributed by atoms with Crippen molar-refractivity contribution in [3.05, 3.63) is 0 Å². The molecule has 2 fully saturated rings. The maximum Gasteiger partial charge on any atom is 0.234 e. The van der Waals surface area contributed by atoms with Gasteiger partial charge in [0.2, 0.25) is 5.91 Å². The standard InChI is InChI=1S/C13H25N3O2/c1-18-11-4-7-16(8-5-11)9-6-12(13(14)17)15-10-2-3-10/h10-12,15H,2-9H2,1H3,(H2,14,17). The minimum Gasteiger partial charge on any atom is -0.381 e. The Bertz CT molecular complexity index is 273. The molecule has 3 N–H and O–H groups in total. The van der Waals surface area contributed by atoms with Crippen LogP contribution in [-0.4, -0.2) is 55.7 Å². The van der Waals surface area contributed by atoms with Crippen molar-refractivity contribution in [3.8, 4) is 0 Å². The second-order valence-corrected chi connectivity index (χ2v) is 5.46. The van der Waals surface area contributed by atoms with E-state index in [0.29, 0.717) is 12.1 Å². The fourth-order valence-corrected chi connectivity index (χ4v) is 2.52. The van der Waals surface area contributed by atoms with E-state index in [9.17, 15) is 4.79 Å². The van der Waals surface area contributed by atoms with E-state index < -0.39 is 0 Å². The maximum absolute atomic E-state index is 11.4. The van der Waals surface area contributed by atoms with Crippen molar-refractivity contribution in [2.45, 2.75) is 50.3 Å². The first-order valence-electron chi connectivity index (χ1n) is 6.99. The Kier molecular flexibility index (Phi) is 4.97. The number of nitrogens with zero attached hydrogens (tertiary/aromatic N) is 1. The Morgan fingerprint density at radius 1 is 1.39 bits per heavy atom. The lowest BCUT2D eigenvalue weighted by atomic mass is 10.1. The van der Waals surface area contributed by atoms with E-state index in [1.165, 1.54) is 12.8 Å². The first-order chi connectivity index (χ1) is 8.69. The molecule has 0 aromatic heterocycles. The molecule has 0 aromatic carbocycles. The third kappa shape index (κ3) is 4.23. The van der Waals surface area contributed by atoms with Crippen LogP contribution in [0, 0.1) is 0 Å². The molecule has 0 spiro atoms. The normalized spacial score (nSPS) is 24.1. The highest BCUT2D eigenvalue weighted by Crippen LogP contribution is 2.20. The van der Waals surface area contributed by atoms with Gasteiger partial charge in [0.1, 0.15) is 0 Å². The molecule has 1 amide bonds. The summed E-state index contributed by atoms with van der Waals surface area (Å²) >= 11 is 0. The smallest absolute Gasteiger partial charge is 0.234 e. The molecule has 0 aromatic rings. The van der Waals surface area contributed by atoms with Crippen LogP contribution in [0.4, 0.5) is 0 Å². The maximum atomic E-state index is 11.4. The fourth-order valence-electron chi connectivity index (χ4n) is 2.52. The number of carbonyl (C=O) groups is 1. The number of rotatable bonds is 7. The molecule has 104 valence electrons. The van der Waals surface area contributed by atoms with Crippen LogP contribution in [0.2, 0.25) is 0 Å². The fraction of sp³-hybridized carbons (Fsp3) is 0.923. The van der Waals surface area contributed by atoms with Crippen LogP contribution in [0.25, 0.3) is 0 Å². The minimum atomic E-state index is -0.214. The summed E-state index contributed by atoms with van der Waals surface area (Å²) in [7, 11) is 1.78. The zero-order valence-corrected chi connectivity index (χ0v) is 11.2. The van der Waals surface area contributed by atoms with E-state index in [4.69, 9.17) is 10.5 Å². The number of amides is 1. The molecular weight excluding hydrogens is 230 g/mol. The average Bonchev–Trinajstić information content (AvgIpc) is 3.18. The summed E-state index contributed by atoms with van der Waals surface area (Å²) in [5.74, 6) is -0.214. The van der Waals surface area contributed by atoms with E-state index in [0.717, 1.165) is 38.9 Å². The van der Waals surface area contributed by atoms with E-state index in [1.807, 2.05) is 0 Å². The van der Waals surface area contributed by atoms with Crippen LogP contribution in [0.1, 0.15) is 32.1 Å². The van der Waals surface area contributed by atoms with Gasteiger partial charge in [0.15, 0.2) is 0 Å². The number of nitrogens with two attached hydrogens (primary N) is 1. The molecular formula is C13H25N3O2. The summed E-state index contributed by atoms with van der Waals surface area (Å²) in [4.78, 5) is 13.8. The van der Waals surface area contributed by atoms with Crippen molar-refractivity contribution in [2.75, 3.05) is 26.7 Å². The molecule has 1 saturated carbocycles. The lowest BCUT2D eigenvalue weighted by molar-refractivity contribution is -0.120. The number of primary amides is 1. The zero-order valence-electron chi connectivity index (χ0n) is 11.2. The zero-order chi connectivity index (χ0) is 13.0. The second kappa shape index (κ2) is 6.50. The highest BCUT2D eigenvalue weighted by Gasteiger charge is 2.28. The molecule has 0 radical (unpaired) electrons. The second-order valence-electron chi connectivity index (χ2n) is 5.46. The molecule has 1 unspecified atom stereocenters. The van der Waals surface area contributed by atoms with Gasteiger partial charge in [-0.05, 0) is 32.1 Å². The predicted octanol–water partition coefficient (Wildman–Crippen LogP) is 0.0932. The Labute approximate surface area is 109 Å². The molecule has 18 heavy (non-hydrogen) atoms. The van der Waals surface area contributed by atoms with Crippen molar-refractivity contribution < 1.29 is 9.53 Å². The van der Waals surface area contributed by atoms with Crippen molar-refractivity contribution in [3.63, 3.8) is 0 Å². The van der Waals surface area contributed by atoms with Crippen LogP contribution >= 0.6 is 0 Å². The van der Waals surface area contributed by atoms with Gasteiger partial charge in [0.25, 0.3) is 0 Å². The first kappa shape index (κ1) is 13.8. The van der Waals surface area contributed by atoms with Crippen LogP contribution in [0.5, 0.6) is 0 Å². The molecule has 2 rings (SSSR count). The quantitative estimate of drug-likeness (QED) is 0.677. The van der Waals surface area contributed by atoms with Crippen molar-refractivity contribution in [1.29, 1.82) is 0 Å². The summed E-state index contributed by atoms with van der Waals surface area (Å²) in [6.07, 6.45) is 5.79. The molecule has 1 aliphatic carbocycles. The first-order valence-corrected chi connectivity index (χ1v) is 6.99. The van der Waals surface area contributed by atoms with Gasteiger partial charge >= 0.3 is 0 Å². The summed E-state index contributed by atoms with van der Waals surface area (Å²) in [5, 5.41) is 3.32. The van der Waals surface area contributed by atoms with Gasteiger partial charge in [0.05, 0.1) is 12.1 Å². The molecule has 5 heteroatoms. The molecule has 1 saturated heterocycles. The molecule has 0 bridgehead atoms. The highest BCUT2D eigenvalue weighted by molar-refractivity contribution is 5.79. The van der Waals surface area contributed by atoms with Crippen LogP contribution in [0.3, 0.4) is 0 Å². The number of methoxy groups -OCH3 is 1. The lowest BCUT2D eigenvalue weighted by Crippen LogP contribution is -2.45. The number of carbonyl (C=O) groups excluding carboxylic acids is 1. The number of hydrogen-bond acceptors (Lipinski definition) is 4. The molecule has 1 heterocycles. The van der Waals surface area contributed by atoms with Crippen LogP contribution in [0.15, 0.2) is 0 Å². The Morgan fingerprint density at radius 2 is 2.06 bits per heavy atom. The third-order valence-electron chi connectivity index (χ3n) is 3.96. The van der Waals surface area contributed by atoms with Gasteiger partial charge in [0, 0.05) is 32.8 Å². The number of ether oxygens (including phenoxy) is 1. The van der Waals surface area contributed by atoms with Crippen molar-refractivity contribution in [2.24, 2.45) is 5.73 Å². The topological polar surface area (TPSA) is 67.6 Å². The average molecular weight is 255 g/mol. The van der Waals surface area contributed by atoms with Gasteiger partial charge in [-0.1, -0.05) is 0 Å². The number of piperidine rings is 1. The van der Waals surface area contributed by atoms with E-state index >= 15 is 0 Å². The monoisotopic (exact) mass is 255 g/mol. The summed E-state index contributed by atoms with van der Waals surface area (Å²) in [6, 6.07) is 0.374. The van der Waals surface area contributed by atoms with E-state index in [2.05, 4.69) is 10.2 Å². The molecule has 1 atom stereocenters. The molecule has 5 nitrogen and oxygen atoms in total. The predicted molar refractivity (Wildman–Crippen MR) is 70.2 cm³/mol. The van der Waals surface area contributed by atoms with Gasteiger partial charge in [-0.2, -0.15) is 0 Å². The molecule has 1 aliphatic heterocycles. The largest absolute Gasteiger partial charge is 0.381 e. The molecule has 2 aliphatic rings.